The average Bonchev–Trinajstić information content (AvgIpc) is 2.85. The van der Waals surface area contributed by atoms with Crippen LogP contribution in [0.3, 0.4) is 0 Å². The zero-order chi connectivity index (χ0) is 14.8. The van der Waals surface area contributed by atoms with Gasteiger partial charge in [-0.3, -0.25) is 9.61 Å². The first-order chi connectivity index (χ1) is 9.47. The number of hydrogen-bond donors (Lipinski definition) is 4. The van der Waals surface area contributed by atoms with Crippen LogP contribution in [0.2, 0.25) is 0 Å². The molecule has 0 spiro atoms. The molecule has 2 rings (SSSR count). The van der Waals surface area contributed by atoms with Crippen molar-refractivity contribution in [2.45, 2.75) is 18.5 Å². The molecule has 106 valence electrons. The van der Waals surface area contributed by atoms with E-state index in [2.05, 4.69) is 5.32 Å². The Labute approximate surface area is 116 Å². The third-order valence-corrected chi connectivity index (χ3v) is 3.42. The highest BCUT2D eigenvalue weighted by molar-refractivity contribution is 6.38. The minimum Gasteiger partial charge on any atom is -0.479 e. The zero-order valence-electron chi connectivity index (χ0n) is 10.7. The van der Waals surface area contributed by atoms with Crippen molar-refractivity contribution in [2.75, 3.05) is 6.54 Å². The molecule has 1 saturated heterocycles. The maximum absolute atomic E-state index is 12.1. The molecule has 0 aliphatic carbocycles. The Morgan fingerprint density at radius 2 is 1.90 bits per heavy atom. The van der Waals surface area contributed by atoms with Gasteiger partial charge in [-0.2, -0.15) is 0 Å². The quantitative estimate of drug-likeness (QED) is 0.540. The first kappa shape index (κ1) is 14.5. The number of nitrogens with one attached hydrogen (secondary N) is 1. The van der Waals surface area contributed by atoms with Crippen molar-refractivity contribution in [2.24, 2.45) is 0 Å². The van der Waals surface area contributed by atoms with Gasteiger partial charge in [-0.05, 0) is 31.5 Å². The molecular weight excluding hydrogens is 263 g/mol. The van der Waals surface area contributed by atoms with Crippen LogP contribution in [-0.2, 0) is 4.79 Å². The van der Waals surface area contributed by atoms with E-state index in [9.17, 15) is 24.7 Å². The summed E-state index contributed by atoms with van der Waals surface area (Å²) in [6, 6.07) is 8.17. The maximum atomic E-state index is 12.1. The molecule has 8 heteroatoms. The second-order valence-electron chi connectivity index (χ2n) is 4.63. The zero-order valence-corrected chi connectivity index (χ0v) is 10.7. The van der Waals surface area contributed by atoms with Crippen LogP contribution in [0.15, 0.2) is 30.3 Å². The van der Waals surface area contributed by atoms with Gasteiger partial charge in [-0.15, -0.1) is 0 Å². The Kier molecular flexibility index (Phi) is 4.08. The highest BCUT2D eigenvalue weighted by atomic mass is 16.4. The van der Waals surface area contributed by atoms with E-state index < -0.39 is 24.8 Å². The van der Waals surface area contributed by atoms with Crippen LogP contribution in [0.1, 0.15) is 23.2 Å². The van der Waals surface area contributed by atoms with Crippen LogP contribution >= 0.6 is 0 Å². The van der Waals surface area contributed by atoms with Gasteiger partial charge in [0, 0.05) is 5.56 Å². The molecule has 1 amide bonds. The second kappa shape index (κ2) is 5.62. The molecule has 1 heterocycles. The summed E-state index contributed by atoms with van der Waals surface area (Å²) in [4.78, 5) is 24.6. The first-order valence-corrected chi connectivity index (χ1v) is 6.21. The molecule has 1 aliphatic heterocycles. The summed E-state index contributed by atoms with van der Waals surface area (Å²) in [6.45, 7) is 0.180. The van der Waals surface area contributed by atoms with Gasteiger partial charge in [0.15, 0.2) is 5.66 Å². The predicted molar refractivity (Wildman–Crippen MR) is 70.4 cm³/mol. The fourth-order valence-corrected chi connectivity index (χ4v) is 2.42. The molecule has 4 N–H and O–H groups in total. The number of benzene rings is 1. The molecule has 0 unspecified atom stereocenters. The smallest absolute Gasteiger partial charge is 0.479 e. The van der Waals surface area contributed by atoms with Gasteiger partial charge in [0.05, 0.1) is 0 Å². The second-order valence-corrected chi connectivity index (χ2v) is 4.63. The summed E-state index contributed by atoms with van der Waals surface area (Å²) in [7, 11) is -1.94. The largest absolute Gasteiger partial charge is 0.554 e. The molecule has 1 aromatic rings. The fraction of sp³-hybridized carbons (Fsp3) is 0.333. The van der Waals surface area contributed by atoms with Gasteiger partial charge in [0.25, 0.3) is 5.91 Å². The van der Waals surface area contributed by atoms with Crippen molar-refractivity contribution in [3.63, 3.8) is 0 Å². The van der Waals surface area contributed by atoms with E-state index in [0.717, 1.165) is 4.81 Å². The summed E-state index contributed by atoms with van der Waals surface area (Å²) in [5.74, 6) is -1.88. The molecule has 1 fully saturated rings. The first-order valence-electron chi connectivity index (χ1n) is 6.21. The van der Waals surface area contributed by atoms with Crippen molar-refractivity contribution in [3.05, 3.63) is 35.9 Å². The Morgan fingerprint density at radius 3 is 2.45 bits per heavy atom. The van der Waals surface area contributed by atoms with Crippen LogP contribution in [0.4, 0.5) is 0 Å². The minimum absolute atomic E-state index is 0.110. The molecule has 20 heavy (non-hydrogen) atoms. The number of carbonyl (C=O) groups is 2. The number of hydrogen-bond acceptors (Lipinski definition) is 5. The Morgan fingerprint density at radius 1 is 1.25 bits per heavy atom. The lowest BCUT2D eigenvalue weighted by atomic mass is 9.97. The summed E-state index contributed by atoms with van der Waals surface area (Å²) in [5, 5.41) is 30.4. The molecule has 7 nitrogen and oxygen atoms in total. The van der Waals surface area contributed by atoms with Crippen LogP contribution < -0.4 is 5.32 Å². The summed E-state index contributed by atoms with van der Waals surface area (Å²) in [6.07, 6.45) is 0.553. The van der Waals surface area contributed by atoms with Crippen LogP contribution in [0.5, 0.6) is 0 Å². The van der Waals surface area contributed by atoms with E-state index in [4.69, 9.17) is 0 Å². The fourth-order valence-electron chi connectivity index (χ4n) is 2.42. The normalized spacial score (nSPS) is 22.5. The van der Waals surface area contributed by atoms with Gasteiger partial charge < -0.3 is 20.5 Å². The van der Waals surface area contributed by atoms with Gasteiger partial charge in [-0.1, -0.05) is 18.2 Å². The van der Waals surface area contributed by atoms with Gasteiger partial charge in [0.1, 0.15) is 0 Å². The van der Waals surface area contributed by atoms with E-state index in [0.29, 0.717) is 12.0 Å². The third kappa shape index (κ3) is 2.53. The lowest BCUT2D eigenvalue weighted by Crippen LogP contribution is -2.66. The van der Waals surface area contributed by atoms with Crippen molar-refractivity contribution in [3.8, 4) is 0 Å². The van der Waals surface area contributed by atoms with Crippen LogP contribution in [0, 0.1) is 0 Å². The van der Waals surface area contributed by atoms with Gasteiger partial charge in [-0.25, -0.2) is 4.79 Å². The van der Waals surface area contributed by atoms with Crippen molar-refractivity contribution >= 4 is 19.1 Å². The van der Waals surface area contributed by atoms with Crippen LogP contribution in [-0.4, -0.2) is 51.3 Å². The number of carboxylic acids is 1. The van der Waals surface area contributed by atoms with E-state index in [1.54, 1.807) is 30.3 Å². The molecule has 1 atom stereocenters. The predicted octanol–water partition coefficient (Wildman–Crippen LogP) is -0.737. The Balaban J connectivity index is 2.26. The maximum Gasteiger partial charge on any atom is 0.554 e. The number of aliphatic carboxylic acids is 1. The highest BCUT2D eigenvalue weighted by Gasteiger charge is 2.53. The standard InChI is InChI=1S/C12H15BN2O5/c16-10(9-5-2-1-3-6-9)14-12(11(17)18)7-4-8-15(12)13(19)20/h1-3,5-6,19-20H,4,7-8H2,(H,14,16)(H,17,18)/t12-/m0/s1. The van der Waals surface area contributed by atoms with Crippen molar-refractivity contribution in [1.82, 2.24) is 10.1 Å². The number of nitrogens with zero attached hydrogens (tertiary/aromatic N) is 1. The molecule has 0 bridgehead atoms. The molecule has 1 aliphatic rings. The molecule has 0 radical (unpaired) electrons. The monoisotopic (exact) mass is 278 g/mol. The number of amides is 1. The van der Waals surface area contributed by atoms with E-state index in [1.165, 1.54) is 0 Å². The average molecular weight is 278 g/mol. The van der Waals surface area contributed by atoms with Crippen LogP contribution in [0.25, 0.3) is 0 Å². The SMILES string of the molecule is O=C(N[C@@]1(C(=O)O)CCCN1B(O)O)c1ccccc1. The van der Waals surface area contributed by atoms with Crippen molar-refractivity contribution < 1.29 is 24.7 Å². The van der Waals surface area contributed by atoms with Crippen molar-refractivity contribution in [1.29, 1.82) is 0 Å². The molecule has 0 saturated carbocycles. The molecule has 0 aromatic heterocycles. The van der Waals surface area contributed by atoms with E-state index >= 15 is 0 Å². The number of carbonyl (C=O) groups excluding carboxylic acids is 1. The number of rotatable bonds is 4. The summed E-state index contributed by atoms with van der Waals surface area (Å²) in [5.41, 5.74) is -1.48. The van der Waals surface area contributed by atoms with Gasteiger partial charge >= 0.3 is 13.2 Å². The lowest BCUT2D eigenvalue weighted by Gasteiger charge is -2.34. The molecule has 1 aromatic carbocycles. The summed E-state index contributed by atoms with van der Waals surface area (Å²) < 4.78 is 0. The van der Waals surface area contributed by atoms with E-state index in [-0.39, 0.29) is 13.0 Å². The lowest BCUT2D eigenvalue weighted by molar-refractivity contribution is -0.149. The van der Waals surface area contributed by atoms with E-state index in [1.807, 2.05) is 0 Å². The highest BCUT2D eigenvalue weighted by Crippen LogP contribution is 2.27. The third-order valence-electron chi connectivity index (χ3n) is 3.42. The number of carboxylic acid groups (broad SMARTS) is 1. The Hall–Kier alpha value is -1.90. The van der Waals surface area contributed by atoms with Gasteiger partial charge in [0.2, 0.25) is 0 Å². The minimum atomic E-state index is -1.94. The Bertz CT molecular complexity index is 510. The molecular formula is C12H15BN2O5. The topological polar surface area (TPSA) is 110 Å². The summed E-state index contributed by atoms with van der Waals surface area (Å²) >= 11 is 0.